The van der Waals surface area contributed by atoms with E-state index in [1.165, 1.54) is 31.4 Å². The first kappa shape index (κ1) is 18.2. The third-order valence-electron chi connectivity index (χ3n) is 3.73. The Bertz CT molecular complexity index is 660. The van der Waals surface area contributed by atoms with Crippen molar-refractivity contribution in [3.8, 4) is 0 Å². The van der Waals surface area contributed by atoms with E-state index < -0.39 is 29.1 Å². The summed E-state index contributed by atoms with van der Waals surface area (Å²) in [6.07, 6.45) is -1.27. The maximum atomic E-state index is 12.2. The molecule has 0 saturated carbocycles. The van der Waals surface area contributed by atoms with Crippen LogP contribution in [0.4, 0.5) is 10.5 Å². The molecule has 1 amide bonds. The van der Waals surface area contributed by atoms with Gasteiger partial charge in [-0.05, 0) is 17.7 Å². The lowest BCUT2D eigenvalue weighted by molar-refractivity contribution is -0.384. The molecule has 2 rings (SSSR count). The van der Waals surface area contributed by atoms with Crippen molar-refractivity contribution in [3.05, 3.63) is 39.9 Å². The number of nitro benzene ring substituents is 1. The summed E-state index contributed by atoms with van der Waals surface area (Å²) < 4.78 is 14.6. The zero-order valence-electron chi connectivity index (χ0n) is 13.3. The first-order valence-corrected chi connectivity index (χ1v) is 7.30. The fraction of sp³-hybridized carbons (Fsp3) is 0.400. The smallest absolute Gasteiger partial charge is 0.410 e. The minimum absolute atomic E-state index is 0.0115. The van der Waals surface area contributed by atoms with Crippen molar-refractivity contribution >= 4 is 24.2 Å². The normalized spacial score (nSPS) is 19.2. The predicted molar refractivity (Wildman–Crippen MR) is 81.3 cm³/mol. The zero-order valence-corrected chi connectivity index (χ0v) is 13.3. The van der Waals surface area contributed by atoms with Crippen molar-refractivity contribution in [1.29, 1.82) is 0 Å². The zero-order chi connectivity index (χ0) is 18.4. The topological polar surface area (TPSA) is 125 Å². The van der Waals surface area contributed by atoms with Crippen LogP contribution in [0, 0.1) is 10.1 Å². The van der Waals surface area contributed by atoms with Crippen molar-refractivity contribution in [2.45, 2.75) is 25.2 Å². The van der Waals surface area contributed by atoms with E-state index in [1.807, 2.05) is 0 Å². The summed E-state index contributed by atoms with van der Waals surface area (Å²) in [5.41, 5.74) is 0.475. The van der Waals surface area contributed by atoms with Crippen LogP contribution >= 0.6 is 0 Å². The molecule has 10 heteroatoms. The van der Waals surface area contributed by atoms with Crippen molar-refractivity contribution < 1.29 is 33.5 Å². The second kappa shape index (κ2) is 8.08. The van der Waals surface area contributed by atoms with Gasteiger partial charge in [0, 0.05) is 18.6 Å². The van der Waals surface area contributed by atoms with E-state index >= 15 is 0 Å². The fourth-order valence-corrected chi connectivity index (χ4v) is 2.48. The minimum atomic E-state index is -0.903. The average molecular weight is 352 g/mol. The Hall–Kier alpha value is -3.17. The maximum Gasteiger partial charge on any atom is 0.410 e. The summed E-state index contributed by atoms with van der Waals surface area (Å²) in [4.78, 5) is 45.6. The van der Waals surface area contributed by atoms with Gasteiger partial charge in [0.25, 0.3) is 12.2 Å². The van der Waals surface area contributed by atoms with Gasteiger partial charge in [-0.1, -0.05) is 0 Å². The lowest BCUT2D eigenvalue weighted by Crippen LogP contribution is -2.41. The van der Waals surface area contributed by atoms with Gasteiger partial charge in [0.2, 0.25) is 0 Å². The Kier molecular flexibility index (Phi) is 5.88. The number of nitro groups is 1. The number of hydrogen-bond acceptors (Lipinski definition) is 8. The Morgan fingerprint density at radius 2 is 2.04 bits per heavy atom. The van der Waals surface area contributed by atoms with Crippen LogP contribution in [0.1, 0.15) is 12.0 Å². The molecule has 0 aliphatic carbocycles. The van der Waals surface area contributed by atoms with Crippen LogP contribution in [0.3, 0.4) is 0 Å². The Balaban J connectivity index is 1.98. The van der Waals surface area contributed by atoms with Gasteiger partial charge in [-0.15, -0.1) is 0 Å². The largest absolute Gasteiger partial charge is 0.467 e. The van der Waals surface area contributed by atoms with E-state index in [1.54, 1.807) is 0 Å². The molecule has 1 aliphatic rings. The first-order valence-electron chi connectivity index (χ1n) is 7.30. The molecule has 0 radical (unpaired) electrons. The average Bonchev–Trinajstić information content (AvgIpc) is 3.03. The first-order chi connectivity index (χ1) is 12.0. The van der Waals surface area contributed by atoms with E-state index in [4.69, 9.17) is 9.47 Å². The molecular formula is C15H16N2O8. The van der Waals surface area contributed by atoms with Crippen LogP contribution in [-0.4, -0.2) is 54.2 Å². The number of benzene rings is 1. The van der Waals surface area contributed by atoms with Gasteiger partial charge in [-0.3, -0.25) is 19.8 Å². The molecule has 1 aliphatic heterocycles. The molecule has 0 aromatic heterocycles. The summed E-state index contributed by atoms with van der Waals surface area (Å²) in [7, 11) is 1.19. The number of likely N-dealkylation sites (tertiary alicyclic amines) is 1. The molecule has 1 fully saturated rings. The number of carbonyl (C=O) groups is 3. The summed E-state index contributed by atoms with van der Waals surface area (Å²) in [6.45, 7) is 0.142. The van der Waals surface area contributed by atoms with Gasteiger partial charge in [0.05, 0.1) is 18.6 Å². The highest BCUT2D eigenvalue weighted by Crippen LogP contribution is 2.22. The highest BCUT2D eigenvalue weighted by molar-refractivity contribution is 5.82. The number of methoxy groups -OCH3 is 1. The third kappa shape index (κ3) is 4.43. The van der Waals surface area contributed by atoms with Crippen LogP contribution in [0.25, 0.3) is 0 Å². The second-order valence-corrected chi connectivity index (χ2v) is 5.26. The molecule has 0 N–H and O–H groups in total. The van der Waals surface area contributed by atoms with Gasteiger partial charge in [0.1, 0.15) is 18.8 Å². The van der Waals surface area contributed by atoms with E-state index in [-0.39, 0.29) is 31.7 Å². The molecule has 2 atom stereocenters. The third-order valence-corrected chi connectivity index (χ3v) is 3.73. The molecule has 10 nitrogen and oxygen atoms in total. The second-order valence-electron chi connectivity index (χ2n) is 5.26. The van der Waals surface area contributed by atoms with Crippen molar-refractivity contribution in [1.82, 2.24) is 4.90 Å². The molecule has 134 valence electrons. The van der Waals surface area contributed by atoms with Gasteiger partial charge in [-0.25, -0.2) is 9.59 Å². The fourth-order valence-electron chi connectivity index (χ4n) is 2.48. The highest BCUT2D eigenvalue weighted by atomic mass is 16.6. The Morgan fingerprint density at radius 1 is 1.36 bits per heavy atom. The van der Waals surface area contributed by atoms with E-state index in [9.17, 15) is 24.5 Å². The number of rotatable bonds is 6. The summed E-state index contributed by atoms with van der Waals surface area (Å²) >= 11 is 0. The van der Waals surface area contributed by atoms with E-state index in [0.29, 0.717) is 5.56 Å². The minimum Gasteiger partial charge on any atom is -0.467 e. The number of ether oxygens (including phenoxy) is 3. The molecule has 1 aromatic rings. The molecule has 0 bridgehead atoms. The molecule has 25 heavy (non-hydrogen) atoms. The summed E-state index contributed by atoms with van der Waals surface area (Å²) in [5.74, 6) is -0.635. The Labute approximate surface area is 142 Å². The molecule has 0 unspecified atom stereocenters. The van der Waals surface area contributed by atoms with Crippen molar-refractivity contribution in [3.63, 3.8) is 0 Å². The van der Waals surface area contributed by atoms with Gasteiger partial charge in [0.15, 0.2) is 0 Å². The number of carbonyl (C=O) groups excluding carboxylic acids is 3. The maximum absolute atomic E-state index is 12.2. The lowest BCUT2D eigenvalue weighted by atomic mass is 10.2. The SMILES string of the molecule is COC(=O)[C@H]1C[C@H](OC=O)CN1C(=O)OCc1ccc([N+](=O)[O-])cc1. The molecule has 1 aromatic carbocycles. The number of esters is 1. The summed E-state index contributed by atoms with van der Waals surface area (Å²) in [5, 5.41) is 10.6. The van der Waals surface area contributed by atoms with Gasteiger partial charge >= 0.3 is 12.1 Å². The van der Waals surface area contributed by atoms with Crippen LogP contribution in [-0.2, 0) is 30.4 Å². The standard InChI is InChI=1S/C15H16N2O8/c1-23-14(19)13-6-12(25-9-18)7-16(13)15(20)24-8-10-2-4-11(5-3-10)17(21)22/h2-5,9,12-13H,6-8H2,1H3/t12-,13+/m0/s1. The van der Waals surface area contributed by atoms with Crippen LogP contribution in [0.15, 0.2) is 24.3 Å². The summed E-state index contributed by atoms with van der Waals surface area (Å²) in [6, 6.07) is 4.62. The predicted octanol–water partition coefficient (Wildman–Crippen LogP) is 1.02. The molecular weight excluding hydrogens is 336 g/mol. The molecule has 0 spiro atoms. The van der Waals surface area contributed by atoms with Crippen molar-refractivity contribution in [2.24, 2.45) is 0 Å². The van der Waals surface area contributed by atoms with Crippen LogP contribution in [0.5, 0.6) is 0 Å². The van der Waals surface area contributed by atoms with E-state index in [2.05, 4.69) is 4.74 Å². The number of non-ortho nitro benzene ring substituents is 1. The molecule has 1 heterocycles. The van der Waals surface area contributed by atoms with Crippen LogP contribution < -0.4 is 0 Å². The van der Waals surface area contributed by atoms with E-state index in [0.717, 1.165) is 4.90 Å². The number of amides is 1. The lowest BCUT2D eigenvalue weighted by Gasteiger charge is -2.21. The Morgan fingerprint density at radius 3 is 2.60 bits per heavy atom. The quantitative estimate of drug-likeness (QED) is 0.244. The monoisotopic (exact) mass is 352 g/mol. The number of hydrogen-bond donors (Lipinski definition) is 0. The molecule has 1 saturated heterocycles. The van der Waals surface area contributed by atoms with Crippen molar-refractivity contribution in [2.75, 3.05) is 13.7 Å². The van der Waals surface area contributed by atoms with Crippen LogP contribution in [0.2, 0.25) is 0 Å². The number of nitrogens with zero attached hydrogens (tertiary/aromatic N) is 2. The van der Waals surface area contributed by atoms with Gasteiger partial charge in [-0.2, -0.15) is 0 Å². The van der Waals surface area contributed by atoms with Gasteiger partial charge < -0.3 is 14.2 Å². The highest BCUT2D eigenvalue weighted by Gasteiger charge is 2.42.